The fourth-order valence-corrected chi connectivity index (χ4v) is 2.22. The van der Waals surface area contributed by atoms with Crippen molar-refractivity contribution >= 4 is 34.8 Å². The summed E-state index contributed by atoms with van der Waals surface area (Å²) < 4.78 is 6.96. The Morgan fingerprint density at radius 1 is 1.24 bits per heavy atom. The number of hydrogen-bond donors (Lipinski definition) is 1. The van der Waals surface area contributed by atoms with Crippen LogP contribution in [0.3, 0.4) is 0 Å². The quantitative estimate of drug-likeness (QED) is 0.787. The van der Waals surface area contributed by atoms with E-state index in [2.05, 4.69) is 4.98 Å². The molecule has 1 aromatic carbocycles. The molecule has 1 N–H and O–H groups in total. The standard InChI is InChI=1S/C14H8Cl2N2O3/c15-8-4-5-9(16)10(7-8)21-13-12(14(19)20)18-6-2-1-3-11(18)17-13/h1-7H,(H,19,20). The van der Waals surface area contributed by atoms with Crippen LogP contribution in [0.15, 0.2) is 42.6 Å². The summed E-state index contributed by atoms with van der Waals surface area (Å²) in [7, 11) is 0. The van der Waals surface area contributed by atoms with Gasteiger partial charge >= 0.3 is 5.97 Å². The zero-order valence-corrected chi connectivity index (χ0v) is 12.0. The maximum atomic E-state index is 11.4. The molecular weight excluding hydrogens is 315 g/mol. The van der Waals surface area contributed by atoms with Gasteiger partial charge in [-0.3, -0.25) is 4.40 Å². The van der Waals surface area contributed by atoms with Crippen LogP contribution in [0.25, 0.3) is 5.65 Å². The van der Waals surface area contributed by atoms with Crippen LogP contribution in [0.1, 0.15) is 10.5 Å². The summed E-state index contributed by atoms with van der Waals surface area (Å²) in [5.74, 6) is -0.949. The van der Waals surface area contributed by atoms with Gasteiger partial charge < -0.3 is 9.84 Å². The average molecular weight is 323 g/mol. The van der Waals surface area contributed by atoms with Gasteiger partial charge in [0.05, 0.1) is 5.02 Å². The number of aromatic carboxylic acids is 1. The normalized spacial score (nSPS) is 10.8. The first-order chi connectivity index (χ1) is 10.1. The van der Waals surface area contributed by atoms with Gasteiger partial charge in [0.25, 0.3) is 5.88 Å². The molecule has 2 aromatic heterocycles. The van der Waals surface area contributed by atoms with Crippen LogP contribution in [0.5, 0.6) is 11.6 Å². The van der Waals surface area contributed by atoms with E-state index in [4.69, 9.17) is 27.9 Å². The summed E-state index contributed by atoms with van der Waals surface area (Å²) in [6, 6.07) is 9.81. The Bertz CT molecular complexity index is 845. The number of imidazole rings is 1. The van der Waals surface area contributed by atoms with Gasteiger partial charge in [-0.15, -0.1) is 0 Å². The van der Waals surface area contributed by atoms with Crippen molar-refractivity contribution in [1.29, 1.82) is 0 Å². The smallest absolute Gasteiger partial charge is 0.358 e. The Hall–Kier alpha value is -2.24. The van der Waals surface area contributed by atoms with Crippen LogP contribution in [-0.4, -0.2) is 20.5 Å². The number of nitrogens with zero attached hydrogens (tertiary/aromatic N) is 2. The van der Waals surface area contributed by atoms with Gasteiger partial charge in [0.15, 0.2) is 5.69 Å². The number of carbonyl (C=O) groups is 1. The highest BCUT2D eigenvalue weighted by molar-refractivity contribution is 6.34. The second-order valence-corrected chi connectivity index (χ2v) is 5.02. The Morgan fingerprint density at radius 3 is 2.81 bits per heavy atom. The van der Waals surface area contributed by atoms with Gasteiger partial charge in [-0.25, -0.2) is 4.79 Å². The second kappa shape index (κ2) is 5.27. The number of rotatable bonds is 3. The zero-order valence-electron chi connectivity index (χ0n) is 10.5. The number of hydrogen-bond acceptors (Lipinski definition) is 3. The third-order valence-electron chi connectivity index (χ3n) is 2.80. The molecule has 21 heavy (non-hydrogen) atoms. The summed E-state index contributed by atoms with van der Waals surface area (Å²) in [5, 5.41) is 10.1. The number of benzene rings is 1. The maximum absolute atomic E-state index is 11.4. The molecular formula is C14H8Cl2N2O3. The van der Waals surface area contributed by atoms with Crippen LogP contribution >= 0.6 is 23.2 Å². The van der Waals surface area contributed by atoms with Gasteiger partial charge in [0.1, 0.15) is 11.4 Å². The minimum atomic E-state index is -1.15. The van der Waals surface area contributed by atoms with E-state index in [9.17, 15) is 9.90 Å². The van der Waals surface area contributed by atoms with E-state index in [-0.39, 0.29) is 17.3 Å². The fourth-order valence-electron chi connectivity index (χ4n) is 1.90. The maximum Gasteiger partial charge on any atom is 0.358 e. The lowest BCUT2D eigenvalue weighted by Crippen LogP contribution is -2.03. The van der Waals surface area contributed by atoms with E-state index in [1.165, 1.54) is 10.5 Å². The van der Waals surface area contributed by atoms with Crippen molar-refractivity contribution in [3.63, 3.8) is 0 Å². The molecule has 0 aliphatic carbocycles. The number of pyridine rings is 1. The summed E-state index contributed by atoms with van der Waals surface area (Å²) in [6.45, 7) is 0. The topological polar surface area (TPSA) is 63.8 Å². The molecule has 0 fully saturated rings. The van der Waals surface area contributed by atoms with Crippen molar-refractivity contribution in [2.45, 2.75) is 0 Å². The first kappa shape index (κ1) is 13.7. The van der Waals surface area contributed by atoms with Crippen molar-refractivity contribution < 1.29 is 14.6 Å². The van der Waals surface area contributed by atoms with Crippen molar-refractivity contribution in [3.8, 4) is 11.6 Å². The van der Waals surface area contributed by atoms with E-state index < -0.39 is 5.97 Å². The molecule has 0 aliphatic rings. The molecule has 106 valence electrons. The molecule has 0 bridgehead atoms. The minimum Gasteiger partial charge on any atom is -0.476 e. The molecule has 7 heteroatoms. The monoisotopic (exact) mass is 322 g/mol. The van der Waals surface area contributed by atoms with Crippen LogP contribution in [0, 0.1) is 0 Å². The van der Waals surface area contributed by atoms with Crippen molar-refractivity contribution in [3.05, 3.63) is 58.3 Å². The third kappa shape index (κ3) is 2.53. The minimum absolute atomic E-state index is 0.0436. The number of fused-ring (bicyclic) bond motifs is 1. The Balaban J connectivity index is 2.14. The highest BCUT2D eigenvalue weighted by Gasteiger charge is 2.21. The number of carboxylic acids is 1. The van der Waals surface area contributed by atoms with E-state index >= 15 is 0 Å². The van der Waals surface area contributed by atoms with Gasteiger partial charge in [-0.1, -0.05) is 29.3 Å². The van der Waals surface area contributed by atoms with Crippen LogP contribution in [0.4, 0.5) is 0 Å². The molecule has 0 unspecified atom stereocenters. The summed E-state index contributed by atoms with van der Waals surface area (Å²) >= 11 is 11.9. The van der Waals surface area contributed by atoms with Gasteiger partial charge in [-0.2, -0.15) is 4.98 Å². The molecule has 0 aliphatic heterocycles. The first-order valence-electron chi connectivity index (χ1n) is 5.89. The molecule has 3 rings (SSSR count). The molecule has 0 radical (unpaired) electrons. The SMILES string of the molecule is O=C(O)c1c(Oc2cc(Cl)ccc2Cl)nc2ccccn12. The lowest BCUT2D eigenvalue weighted by molar-refractivity contribution is 0.0686. The van der Waals surface area contributed by atoms with Crippen LogP contribution < -0.4 is 4.74 Å². The second-order valence-electron chi connectivity index (χ2n) is 4.18. The largest absolute Gasteiger partial charge is 0.476 e. The summed E-state index contributed by atoms with van der Waals surface area (Å²) in [5.41, 5.74) is 0.379. The van der Waals surface area contributed by atoms with Gasteiger partial charge in [-0.05, 0) is 24.3 Å². The number of carboxylic acid groups (broad SMARTS) is 1. The van der Waals surface area contributed by atoms with Crippen LogP contribution in [-0.2, 0) is 0 Å². The Morgan fingerprint density at radius 2 is 2.05 bits per heavy atom. The lowest BCUT2D eigenvalue weighted by atomic mass is 10.3. The van der Waals surface area contributed by atoms with E-state index in [1.807, 2.05) is 0 Å². The molecule has 0 spiro atoms. The molecule has 0 saturated heterocycles. The van der Waals surface area contributed by atoms with E-state index in [0.29, 0.717) is 15.7 Å². The summed E-state index contributed by atoms with van der Waals surface area (Å²) in [4.78, 5) is 15.6. The van der Waals surface area contributed by atoms with Crippen molar-refractivity contribution in [2.75, 3.05) is 0 Å². The average Bonchev–Trinajstić information content (AvgIpc) is 2.80. The first-order valence-corrected chi connectivity index (χ1v) is 6.65. The number of ether oxygens (including phenoxy) is 1. The molecule has 0 atom stereocenters. The number of halogens is 2. The molecule has 5 nitrogen and oxygen atoms in total. The van der Waals surface area contributed by atoms with Crippen LogP contribution in [0.2, 0.25) is 10.0 Å². The highest BCUT2D eigenvalue weighted by Crippen LogP contribution is 2.33. The van der Waals surface area contributed by atoms with Crippen molar-refractivity contribution in [2.24, 2.45) is 0 Å². The third-order valence-corrected chi connectivity index (χ3v) is 3.35. The fraction of sp³-hybridized carbons (Fsp3) is 0. The molecule has 0 amide bonds. The van der Waals surface area contributed by atoms with E-state index in [0.717, 1.165) is 0 Å². The zero-order chi connectivity index (χ0) is 15.0. The predicted molar refractivity (Wildman–Crippen MR) is 78.7 cm³/mol. The van der Waals surface area contributed by atoms with Gasteiger partial charge in [0, 0.05) is 17.3 Å². The lowest BCUT2D eigenvalue weighted by Gasteiger charge is -2.06. The van der Waals surface area contributed by atoms with Gasteiger partial charge in [0.2, 0.25) is 0 Å². The van der Waals surface area contributed by atoms with E-state index in [1.54, 1.807) is 36.5 Å². The highest BCUT2D eigenvalue weighted by atomic mass is 35.5. The molecule has 2 heterocycles. The predicted octanol–water partition coefficient (Wildman–Crippen LogP) is 4.13. The van der Waals surface area contributed by atoms with Crippen molar-refractivity contribution in [1.82, 2.24) is 9.38 Å². The molecule has 3 aromatic rings. The molecule has 0 saturated carbocycles. The Labute approximate surface area is 129 Å². The summed E-state index contributed by atoms with van der Waals surface area (Å²) in [6.07, 6.45) is 1.60. The Kier molecular flexibility index (Phi) is 3.45. The number of aromatic nitrogens is 2.